The number of rotatable bonds is 7. The van der Waals surface area contributed by atoms with Gasteiger partial charge < -0.3 is 19.5 Å². The van der Waals surface area contributed by atoms with Crippen molar-refractivity contribution < 1.29 is 14.4 Å². The second kappa shape index (κ2) is 9.51. The predicted octanol–water partition coefficient (Wildman–Crippen LogP) is 3.24. The standard InChI is InChI=1S/C20H23N5O3S/c26-20(24-12-6-16(7-13-24)14-27-25-11-1-8-23-25)28-18-4-2-17(3-5-18)15-29-19-21-9-10-22-19/h1-5,8-11,16H,6-7,12-15H2,(H,21,22). The second-order valence-corrected chi connectivity index (χ2v) is 7.79. The Morgan fingerprint density at radius 1 is 1.21 bits per heavy atom. The fraction of sp³-hybridized carbons (Fsp3) is 0.350. The zero-order valence-electron chi connectivity index (χ0n) is 15.9. The molecule has 2 aromatic heterocycles. The van der Waals surface area contributed by atoms with Crippen LogP contribution in [0.1, 0.15) is 18.4 Å². The van der Waals surface area contributed by atoms with Crippen molar-refractivity contribution >= 4 is 17.9 Å². The van der Waals surface area contributed by atoms with E-state index in [9.17, 15) is 4.79 Å². The molecule has 9 heteroatoms. The van der Waals surface area contributed by atoms with E-state index >= 15 is 0 Å². The van der Waals surface area contributed by atoms with E-state index < -0.39 is 0 Å². The molecule has 0 radical (unpaired) electrons. The van der Waals surface area contributed by atoms with E-state index in [0.29, 0.717) is 31.4 Å². The van der Waals surface area contributed by atoms with Crippen LogP contribution in [-0.4, -0.2) is 50.6 Å². The molecule has 0 bridgehead atoms. The maximum absolute atomic E-state index is 12.4. The van der Waals surface area contributed by atoms with Crippen LogP contribution < -0.4 is 9.57 Å². The molecular formula is C20H23N5O3S. The fourth-order valence-electron chi connectivity index (χ4n) is 3.10. The van der Waals surface area contributed by atoms with Gasteiger partial charge in [0.05, 0.1) is 12.4 Å². The molecule has 0 atom stereocenters. The van der Waals surface area contributed by atoms with E-state index in [4.69, 9.17) is 9.57 Å². The lowest BCUT2D eigenvalue weighted by atomic mass is 9.98. The Kier molecular flexibility index (Phi) is 6.35. The zero-order chi connectivity index (χ0) is 19.9. The van der Waals surface area contributed by atoms with Crippen molar-refractivity contribution in [3.63, 3.8) is 0 Å². The number of benzene rings is 1. The highest BCUT2D eigenvalue weighted by molar-refractivity contribution is 7.98. The van der Waals surface area contributed by atoms with Crippen LogP contribution in [0.15, 0.2) is 60.3 Å². The lowest BCUT2D eigenvalue weighted by Crippen LogP contribution is -2.41. The number of aromatic amines is 1. The van der Waals surface area contributed by atoms with Crippen molar-refractivity contribution in [2.24, 2.45) is 5.92 Å². The minimum Gasteiger partial charge on any atom is -0.410 e. The Morgan fingerprint density at radius 2 is 2.03 bits per heavy atom. The maximum atomic E-state index is 12.4. The number of piperidine rings is 1. The number of H-pyrrole nitrogens is 1. The number of ether oxygens (including phenoxy) is 1. The highest BCUT2D eigenvalue weighted by Gasteiger charge is 2.24. The van der Waals surface area contributed by atoms with Gasteiger partial charge in [-0.15, -0.1) is 9.94 Å². The van der Waals surface area contributed by atoms with Crippen LogP contribution >= 0.6 is 11.8 Å². The number of amides is 1. The Bertz CT molecular complexity index is 876. The summed E-state index contributed by atoms with van der Waals surface area (Å²) in [6, 6.07) is 9.43. The van der Waals surface area contributed by atoms with Gasteiger partial charge in [-0.25, -0.2) is 9.78 Å². The van der Waals surface area contributed by atoms with Gasteiger partial charge in [-0.05, 0) is 42.5 Å². The number of carbonyl (C=O) groups is 1. The number of hydrogen-bond acceptors (Lipinski definition) is 6. The van der Waals surface area contributed by atoms with Crippen molar-refractivity contribution in [3.8, 4) is 5.75 Å². The van der Waals surface area contributed by atoms with Crippen LogP contribution in [0.4, 0.5) is 4.79 Å². The third-order valence-electron chi connectivity index (χ3n) is 4.77. The van der Waals surface area contributed by atoms with Gasteiger partial charge in [0.15, 0.2) is 5.16 Å². The van der Waals surface area contributed by atoms with E-state index in [0.717, 1.165) is 29.3 Å². The van der Waals surface area contributed by atoms with E-state index in [2.05, 4.69) is 15.1 Å². The smallest absolute Gasteiger partial charge is 0.410 e. The summed E-state index contributed by atoms with van der Waals surface area (Å²) in [5, 5.41) is 4.91. The molecule has 1 fully saturated rings. The number of likely N-dealkylation sites (tertiary alicyclic amines) is 1. The molecule has 0 saturated carbocycles. The first-order chi connectivity index (χ1) is 14.3. The van der Waals surface area contributed by atoms with Crippen molar-refractivity contribution in [3.05, 3.63) is 60.7 Å². The molecule has 29 heavy (non-hydrogen) atoms. The molecule has 1 N–H and O–H groups in total. The second-order valence-electron chi connectivity index (χ2n) is 6.83. The quantitative estimate of drug-likeness (QED) is 0.599. The Morgan fingerprint density at radius 3 is 2.72 bits per heavy atom. The first kappa shape index (κ1) is 19.4. The van der Waals surface area contributed by atoms with Gasteiger partial charge in [-0.1, -0.05) is 23.9 Å². The van der Waals surface area contributed by atoms with Crippen LogP contribution in [0.25, 0.3) is 0 Å². The average molecular weight is 414 g/mol. The van der Waals surface area contributed by atoms with E-state index in [1.807, 2.05) is 30.3 Å². The number of nitrogens with zero attached hydrogens (tertiary/aromatic N) is 4. The minimum atomic E-state index is -0.297. The molecule has 4 rings (SSSR count). The van der Waals surface area contributed by atoms with E-state index in [1.54, 1.807) is 41.4 Å². The highest BCUT2D eigenvalue weighted by atomic mass is 32.2. The molecule has 3 heterocycles. The van der Waals surface area contributed by atoms with Crippen molar-refractivity contribution in [2.45, 2.75) is 23.8 Å². The van der Waals surface area contributed by atoms with Gasteiger partial charge in [0.2, 0.25) is 0 Å². The summed E-state index contributed by atoms with van der Waals surface area (Å²) in [4.78, 5) is 28.5. The van der Waals surface area contributed by atoms with Crippen LogP contribution in [0.2, 0.25) is 0 Å². The lowest BCUT2D eigenvalue weighted by molar-refractivity contribution is 0.0366. The first-order valence-corrected chi connectivity index (χ1v) is 10.6. The number of imidazole rings is 1. The van der Waals surface area contributed by atoms with E-state index in [1.165, 1.54) is 4.85 Å². The normalized spacial score (nSPS) is 14.7. The molecule has 1 amide bonds. The zero-order valence-corrected chi connectivity index (χ0v) is 16.8. The molecule has 0 aliphatic carbocycles. The third kappa shape index (κ3) is 5.54. The fourth-order valence-corrected chi connectivity index (χ4v) is 3.88. The van der Waals surface area contributed by atoms with Gasteiger partial charge >= 0.3 is 6.09 Å². The van der Waals surface area contributed by atoms with Crippen molar-refractivity contribution in [2.75, 3.05) is 19.7 Å². The molecule has 1 aliphatic rings. The number of hydrogen-bond donors (Lipinski definition) is 1. The molecule has 152 valence electrons. The van der Waals surface area contributed by atoms with Crippen molar-refractivity contribution in [1.82, 2.24) is 24.8 Å². The van der Waals surface area contributed by atoms with Crippen LogP contribution in [-0.2, 0) is 5.75 Å². The molecule has 8 nitrogen and oxygen atoms in total. The minimum absolute atomic E-state index is 0.297. The van der Waals surface area contributed by atoms with Gasteiger partial charge in [-0.2, -0.15) is 0 Å². The van der Waals surface area contributed by atoms with Gasteiger partial charge in [0.25, 0.3) is 0 Å². The topological polar surface area (TPSA) is 85.3 Å². The predicted molar refractivity (Wildman–Crippen MR) is 109 cm³/mol. The summed E-state index contributed by atoms with van der Waals surface area (Å²) in [7, 11) is 0. The number of nitrogens with one attached hydrogen (secondary N) is 1. The summed E-state index contributed by atoms with van der Waals surface area (Å²) in [6.07, 6.45) is 8.48. The molecule has 1 aliphatic heterocycles. The Labute approximate surface area is 173 Å². The summed E-state index contributed by atoms with van der Waals surface area (Å²) < 4.78 is 5.53. The number of aromatic nitrogens is 4. The first-order valence-electron chi connectivity index (χ1n) is 9.57. The Balaban J connectivity index is 1.19. The van der Waals surface area contributed by atoms with Crippen molar-refractivity contribution in [1.29, 1.82) is 0 Å². The molecular weight excluding hydrogens is 390 g/mol. The van der Waals surface area contributed by atoms with Gasteiger partial charge in [0, 0.05) is 31.2 Å². The largest absolute Gasteiger partial charge is 0.415 e. The lowest BCUT2D eigenvalue weighted by Gasteiger charge is -2.30. The Hall–Kier alpha value is -2.94. The molecule has 1 aromatic carbocycles. The monoisotopic (exact) mass is 413 g/mol. The van der Waals surface area contributed by atoms with Crippen LogP contribution in [0.3, 0.4) is 0 Å². The van der Waals surface area contributed by atoms with Gasteiger partial charge in [-0.3, -0.25) is 0 Å². The average Bonchev–Trinajstić information content (AvgIpc) is 3.46. The number of thioether (sulfide) groups is 1. The molecule has 0 spiro atoms. The van der Waals surface area contributed by atoms with E-state index in [-0.39, 0.29) is 6.09 Å². The highest BCUT2D eigenvalue weighted by Crippen LogP contribution is 2.22. The van der Waals surface area contributed by atoms with Gasteiger partial charge in [0.1, 0.15) is 12.4 Å². The summed E-state index contributed by atoms with van der Waals surface area (Å²) >= 11 is 1.63. The molecule has 0 unspecified atom stereocenters. The summed E-state index contributed by atoms with van der Waals surface area (Å²) in [5.74, 6) is 1.77. The maximum Gasteiger partial charge on any atom is 0.415 e. The molecule has 3 aromatic rings. The summed E-state index contributed by atoms with van der Waals surface area (Å²) in [6.45, 7) is 1.94. The summed E-state index contributed by atoms with van der Waals surface area (Å²) in [5.41, 5.74) is 1.14. The third-order valence-corrected chi connectivity index (χ3v) is 5.75. The number of carbonyl (C=O) groups excluding carboxylic acids is 1. The van der Waals surface area contributed by atoms with Crippen LogP contribution in [0.5, 0.6) is 5.75 Å². The SMILES string of the molecule is O=C(Oc1ccc(CSc2ncc[nH]2)cc1)N1CCC(COn2cccn2)CC1. The van der Waals surface area contributed by atoms with Crippen LogP contribution in [0, 0.1) is 5.92 Å². The molecule has 1 saturated heterocycles.